The van der Waals surface area contributed by atoms with Crippen LogP contribution < -0.4 is 4.74 Å². The normalized spacial score (nSPS) is 32.6. The summed E-state index contributed by atoms with van der Waals surface area (Å²) in [7, 11) is 1.64. The first-order valence-electron chi connectivity index (χ1n) is 11.4. The highest BCUT2D eigenvalue weighted by Crippen LogP contribution is 2.60. The van der Waals surface area contributed by atoms with Crippen LogP contribution in [-0.4, -0.2) is 54.9 Å². The molecule has 1 heterocycles. The fraction of sp³-hybridized carbons (Fsp3) is 0.600. The first kappa shape index (κ1) is 19.7. The van der Waals surface area contributed by atoms with Crippen LogP contribution in [0.25, 0.3) is 6.08 Å². The zero-order valence-corrected chi connectivity index (χ0v) is 17.9. The summed E-state index contributed by atoms with van der Waals surface area (Å²) in [5.41, 5.74) is 0.867. The fourth-order valence-electron chi connectivity index (χ4n) is 6.86. The molecule has 1 saturated heterocycles. The number of nitrogens with zero attached hydrogens (tertiary/aromatic N) is 2. The van der Waals surface area contributed by atoms with Crippen molar-refractivity contribution in [3.05, 3.63) is 35.9 Å². The SMILES string of the molecule is COc1cccc(/C=C/C(=O)N2CCN(C(=O)C34CC5CC(CC(C5)C3)C4)CC2)c1. The van der Waals surface area contributed by atoms with E-state index >= 15 is 0 Å². The van der Waals surface area contributed by atoms with Crippen molar-refractivity contribution in [2.24, 2.45) is 23.2 Å². The molecule has 2 amide bonds. The number of hydrogen-bond donors (Lipinski definition) is 0. The maximum absolute atomic E-state index is 13.5. The van der Waals surface area contributed by atoms with Crippen LogP contribution in [0.3, 0.4) is 0 Å². The lowest BCUT2D eigenvalue weighted by Gasteiger charge is -2.57. The van der Waals surface area contributed by atoms with E-state index in [1.54, 1.807) is 13.2 Å². The predicted octanol–water partition coefficient (Wildman–Crippen LogP) is 3.60. The molecule has 1 aromatic carbocycles. The zero-order valence-electron chi connectivity index (χ0n) is 17.9. The quantitative estimate of drug-likeness (QED) is 0.716. The second kappa shape index (κ2) is 7.75. The van der Waals surface area contributed by atoms with Crippen LogP contribution >= 0.6 is 0 Å². The van der Waals surface area contributed by atoms with E-state index in [2.05, 4.69) is 4.90 Å². The monoisotopic (exact) mass is 408 g/mol. The van der Waals surface area contributed by atoms with Gasteiger partial charge in [0.25, 0.3) is 0 Å². The molecule has 0 spiro atoms. The van der Waals surface area contributed by atoms with Crippen molar-refractivity contribution < 1.29 is 14.3 Å². The Morgan fingerprint density at radius 1 is 0.967 bits per heavy atom. The minimum absolute atomic E-state index is 0.0136. The van der Waals surface area contributed by atoms with E-state index in [0.717, 1.165) is 48.3 Å². The van der Waals surface area contributed by atoms with E-state index in [4.69, 9.17) is 4.74 Å². The zero-order chi connectivity index (χ0) is 20.7. The van der Waals surface area contributed by atoms with E-state index < -0.39 is 0 Å². The molecular formula is C25H32N2O3. The summed E-state index contributed by atoms with van der Waals surface area (Å²) < 4.78 is 5.23. The van der Waals surface area contributed by atoms with Crippen LogP contribution in [-0.2, 0) is 9.59 Å². The molecule has 1 aliphatic heterocycles. The van der Waals surface area contributed by atoms with E-state index in [0.29, 0.717) is 32.1 Å². The van der Waals surface area contributed by atoms with E-state index in [-0.39, 0.29) is 11.3 Å². The van der Waals surface area contributed by atoms with Gasteiger partial charge in [-0.3, -0.25) is 9.59 Å². The van der Waals surface area contributed by atoms with Gasteiger partial charge in [0.2, 0.25) is 11.8 Å². The second-order valence-corrected chi connectivity index (χ2v) is 9.93. The third-order valence-corrected chi connectivity index (χ3v) is 7.88. The molecule has 5 heteroatoms. The Kier molecular flexibility index (Phi) is 5.08. The third-order valence-electron chi connectivity index (χ3n) is 7.88. The van der Waals surface area contributed by atoms with Crippen molar-refractivity contribution in [3.63, 3.8) is 0 Å². The van der Waals surface area contributed by atoms with Gasteiger partial charge in [-0.25, -0.2) is 0 Å². The lowest BCUT2D eigenvalue weighted by molar-refractivity contribution is -0.160. The summed E-state index contributed by atoms with van der Waals surface area (Å²) in [6.45, 7) is 2.58. The van der Waals surface area contributed by atoms with Crippen molar-refractivity contribution in [2.75, 3.05) is 33.3 Å². The van der Waals surface area contributed by atoms with E-state index in [9.17, 15) is 9.59 Å². The Morgan fingerprint density at radius 3 is 2.17 bits per heavy atom. The van der Waals surface area contributed by atoms with Gasteiger partial charge >= 0.3 is 0 Å². The highest BCUT2D eigenvalue weighted by Gasteiger charge is 2.55. The summed E-state index contributed by atoms with van der Waals surface area (Å²) in [4.78, 5) is 30.0. The molecule has 0 radical (unpaired) electrons. The van der Waals surface area contributed by atoms with E-state index in [1.807, 2.05) is 35.2 Å². The molecule has 5 aliphatic rings. The number of piperazine rings is 1. The summed E-state index contributed by atoms with van der Waals surface area (Å²) in [5.74, 6) is 3.53. The van der Waals surface area contributed by atoms with Crippen LogP contribution in [0.15, 0.2) is 30.3 Å². The summed E-state index contributed by atoms with van der Waals surface area (Å²) in [6.07, 6.45) is 10.9. The van der Waals surface area contributed by atoms with Gasteiger partial charge < -0.3 is 14.5 Å². The van der Waals surface area contributed by atoms with Gasteiger partial charge in [-0.15, -0.1) is 0 Å². The van der Waals surface area contributed by atoms with Gasteiger partial charge in [-0.1, -0.05) is 12.1 Å². The fourth-order valence-corrected chi connectivity index (χ4v) is 6.86. The topological polar surface area (TPSA) is 49.9 Å². The van der Waals surface area contributed by atoms with Crippen molar-refractivity contribution in [1.29, 1.82) is 0 Å². The largest absolute Gasteiger partial charge is 0.497 e. The van der Waals surface area contributed by atoms with Crippen LogP contribution in [0, 0.1) is 23.2 Å². The first-order chi connectivity index (χ1) is 14.5. The second-order valence-electron chi connectivity index (χ2n) is 9.93. The van der Waals surface area contributed by atoms with Gasteiger partial charge in [0.15, 0.2) is 0 Å². The molecule has 0 N–H and O–H groups in total. The molecule has 6 rings (SSSR count). The third kappa shape index (κ3) is 3.63. The van der Waals surface area contributed by atoms with Gasteiger partial charge in [-0.05, 0) is 80.1 Å². The molecule has 4 aliphatic carbocycles. The maximum atomic E-state index is 13.5. The Labute approximate surface area is 179 Å². The predicted molar refractivity (Wildman–Crippen MR) is 116 cm³/mol. The number of methoxy groups -OCH3 is 1. The molecule has 5 fully saturated rings. The lowest BCUT2D eigenvalue weighted by atomic mass is 9.49. The maximum Gasteiger partial charge on any atom is 0.246 e. The van der Waals surface area contributed by atoms with Crippen molar-refractivity contribution in [1.82, 2.24) is 9.80 Å². The van der Waals surface area contributed by atoms with Crippen molar-refractivity contribution >= 4 is 17.9 Å². The minimum atomic E-state index is -0.0762. The van der Waals surface area contributed by atoms with E-state index in [1.165, 1.54) is 19.3 Å². The van der Waals surface area contributed by atoms with Gasteiger partial charge in [0.1, 0.15) is 5.75 Å². The van der Waals surface area contributed by atoms with Crippen LogP contribution in [0.4, 0.5) is 0 Å². The molecular weight excluding hydrogens is 376 g/mol. The Bertz CT molecular complexity index is 818. The van der Waals surface area contributed by atoms with Crippen LogP contribution in [0.2, 0.25) is 0 Å². The lowest BCUT2D eigenvalue weighted by Crippen LogP contribution is -2.58. The van der Waals surface area contributed by atoms with Crippen molar-refractivity contribution in [2.45, 2.75) is 38.5 Å². The van der Waals surface area contributed by atoms with Gasteiger partial charge in [0.05, 0.1) is 12.5 Å². The molecule has 0 aromatic heterocycles. The molecule has 4 bridgehead atoms. The molecule has 0 unspecified atom stereocenters. The molecule has 5 nitrogen and oxygen atoms in total. The first-order valence-corrected chi connectivity index (χ1v) is 11.4. The average molecular weight is 409 g/mol. The number of ether oxygens (including phenoxy) is 1. The number of carbonyl (C=O) groups excluding carboxylic acids is 2. The summed E-state index contributed by atoms with van der Waals surface area (Å²) >= 11 is 0. The number of hydrogen-bond acceptors (Lipinski definition) is 3. The highest BCUT2D eigenvalue weighted by molar-refractivity contribution is 5.92. The smallest absolute Gasteiger partial charge is 0.246 e. The Balaban J connectivity index is 1.18. The number of benzene rings is 1. The molecule has 1 aromatic rings. The minimum Gasteiger partial charge on any atom is -0.497 e. The highest BCUT2D eigenvalue weighted by atomic mass is 16.5. The number of carbonyl (C=O) groups is 2. The number of rotatable bonds is 4. The summed E-state index contributed by atoms with van der Waals surface area (Å²) in [5, 5.41) is 0. The molecule has 30 heavy (non-hydrogen) atoms. The molecule has 0 atom stereocenters. The summed E-state index contributed by atoms with van der Waals surface area (Å²) in [6, 6.07) is 7.66. The number of amides is 2. The average Bonchev–Trinajstić information content (AvgIpc) is 2.76. The Morgan fingerprint density at radius 2 is 1.57 bits per heavy atom. The van der Waals surface area contributed by atoms with Crippen LogP contribution in [0.1, 0.15) is 44.1 Å². The van der Waals surface area contributed by atoms with Gasteiger partial charge in [-0.2, -0.15) is 0 Å². The standard InChI is InChI=1S/C25H32N2O3/c1-30-22-4-2-3-18(14-22)5-6-23(28)26-7-9-27(10-8-26)24(29)25-15-19-11-20(16-25)13-21(12-19)17-25/h2-6,14,19-21H,7-13,15-17H2,1H3/b6-5+. The molecule has 4 saturated carbocycles. The Hall–Kier alpha value is -2.30. The molecule has 160 valence electrons. The van der Waals surface area contributed by atoms with Crippen LogP contribution in [0.5, 0.6) is 5.75 Å². The van der Waals surface area contributed by atoms with Gasteiger partial charge in [0, 0.05) is 32.3 Å². The van der Waals surface area contributed by atoms with Crippen molar-refractivity contribution in [3.8, 4) is 5.75 Å².